The maximum absolute atomic E-state index is 5.48. The van der Waals surface area contributed by atoms with Gasteiger partial charge in [0.05, 0.1) is 13.2 Å². The fraction of sp³-hybridized carbons (Fsp3) is 0.833. The smallest absolute Gasteiger partial charge is 0.118 e. The summed E-state index contributed by atoms with van der Waals surface area (Å²) in [5.74, 6) is 2.66. The number of hydrogen-bond acceptors (Lipinski definition) is 2. The van der Waals surface area contributed by atoms with Gasteiger partial charge in [-0.15, -0.1) is 6.42 Å². The van der Waals surface area contributed by atoms with Gasteiger partial charge in [0.1, 0.15) is 6.10 Å². The summed E-state index contributed by atoms with van der Waals surface area (Å²) in [6.45, 7) is 6.14. The first kappa shape index (κ1) is 13.5. The van der Waals surface area contributed by atoms with Gasteiger partial charge in [-0.3, -0.25) is 0 Å². The highest BCUT2D eigenvalue weighted by molar-refractivity contribution is 4.94. The Balaban J connectivity index is 3.35. The number of ether oxygens (including phenoxy) is 2. The van der Waals surface area contributed by atoms with E-state index >= 15 is 0 Å². The molecular weight excluding hydrogens is 176 g/mol. The van der Waals surface area contributed by atoms with Gasteiger partial charge in [-0.2, -0.15) is 0 Å². The molecular formula is C12H22O2. The molecule has 0 heterocycles. The minimum atomic E-state index is -0.0259. The van der Waals surface area contributed by atoms with Crippen LogP contribution in [0.4, 0.5) is 0 Å². The summed E-state index contributed by atoms with van der Waals surface area (Å²) in [5, 5.41) is 0. The van der Waals surface area contributed by atoms with Crippen LogP contribution in [0.25, 0.3) is 0 Å². The first-order valence-corrected chi connectivity index (χ1v) is 5.50. The lowest BCUT2D eigenvalue weighted by Crippen LogP contribution is -2.14. The number of rotatable bonds is 9. The Morgan fingerprint density at radius 1 is 1.21 bits per heavy atom. The van der Waals surface area contributed by atoms with Crippen molar-refractivity contribution < 1.29 is 9.47 Å². The van der Waals surface area contributed by atoms with Crippen LogP contribution in [-0.2, 0) is 9.47 Å². The van der Waals surface area contributed by atoms with E-state index in [1.807, 2.05) is 6.92 Å². The summed E-state index contributed by atoms with van der Waals surface area (Å²) in [4.78, 5) is 0. The largest absolute Gasteiger partial charge is 0.379 e. The predicted molar refractivity (Wildman–Crippen MR) is 59.2 cm³/mol. The van der Waals surface area contributed by atoms with E-state index in [-0.39, 0.29) is 6.10 Å². The van der Waals surface area contributed by atoms with Gasteiger partial charge in [-0.1, -0.05) is 25.7 Å². The van der Waals surface area contributed by atoms with Crippen LogP contribution in [0, 0.1) is 12.3 Å². The van der Waals surface area contributed by atoms with Gasteiger partial charge in [0, 0.05) is 6.61 Å². The maximum atomic E-state index is 5.48. The van der Waals surface area contributed by atoms with E-state index in [1.165, 1.54) is 12.8 Å². The van der Waals surface area contributed by atoms with E-state index in [2.05, 4.69) is 12.8 Å². The van der Waals surface area contributed by atoms with Gasteiger partial charge in [0.25, 0.3) is 0 Å². The molecule has 82 valence electrons. The number of terminal acetylenes is 1. The maximum Gasteiger partial charge on any atom is 0.118 e. The topological polar surface area (TPSA) is 18.5 Å². The zero-order valence-electron chi connectivity index (χ0n) is 9.42. The third-order valence-corrected chi connectivity index (χ3v) is 2.01. The van der Waals surface area contributed by atoms with Crippen LogP contribution in [0.1, 0.15) is 39.5 Å². The van der Waals surface area contributed by atoms with Crippen molar-refractivity contribution in [3.8, 4) is 12.3 Å². The predicted octanol–water partition coefficient (Wildman–Crippen LogP) is 2.62. The highest BCUT2D eigenvalue weighted by Gasteiger charge is 2.03. The zero-order chi connectivity index (χ0) is 10.6. The molecule has 0 saturated carbocycles. The number of hydrogen-bond donors (Lipinski definition) is 0. The Hall–Kier alpha value is -0.520. The molecule has 0 aromatic carbocycles. The lowest BCUT2D eigenvalue weighted by atomic mass is 10.1. The molecule has 0 rings (SSSR count). The molecule has 2 heteroatoms. The molecule has 0 aliphatic heterocycles. The summed E-state index contributed by atoms with van der Waals surface area (Å²) < 4.78 is 10.6. The molecule has 0 aromatic rings. The van der Waals surface area contributed by atoms with Crippen LogP contribution in [0.2, 0.25) is 0 Å². The molecule has 0 aromatic heterocycles. The second kappa shape index (κ2) is 10.6. The van der Waals surface area contributed by atoms with Crippen molar-refractivity contribution in [2.24, 2.45) is 0 Å². The third-order valence-electron chi connectivity index (χ3n) is 2.01. The van der Waals surface area contributed by atoms with Crippen LogP contribution < -0.4 is 0 Å². The highest BCUT2D eigenvalue weighted by Crippen LogP contribution is 2.05. The van der Waals surface area contributed by atoms with Crippen LogP contribution in [0.3, 0.4) is 0 Å². The lowest BCUT2D eigenvalue weighted by molar-refractivity contribution is 0.0268. The standard InChI is InChI=1S/C12H22O2/c1-4-7-8-9-12(5-2)14-11-10-13-6-3/h2,12H,4,6-11H2,1,3H3. The second-order valence-corrected chi connectivity index (χ2v) is 3.22. The average molecular weight is 198 g/mol. The van der Waals surface area contributed by atoms with Crippen LogP contribution >= 0.6 is 0 Å². The molecule has 14 heavy (non-hydrogen) atoms. The molecule has 0 bridgehead atoms. The molecule has 0 fully saturated rings. The van der Waals surface area contributed by atoms with Crippen LogP contribution in [0.15, 0.2) is 0 Å². The quantitative estimate of drug-likeness (QED) is 0.419. The van der Waals surface area contributed by atoms with E-state index < -0.39 is 0 Å². The van der Waals surface area contributed by atoms with Gasteiger partial charge in [0.2, 0.25) is 0 Å². The summed E-state index contributed by atoms with van der Waals surface area (Å²) >= 11 is 0. The summed E-state index contributed by atoms with van der Waals surface area (Å²) in [7, 11) is 0. The SMILES string of the molecule is C#CC(CCCCC)OCCOCC. The average Bonchev–Trinajstić information content (AvgIpc) is 2.22. The fourth-order valence-corrected chi connectivity index (χ4v) is 1.19. The first-order chi connectivity index (χ1) is 6.85. The van der Waals surface area contributed by atoms with E-state index in [4.69, 9.17) is 15.9 Å². The van der Waals surface area contributed by atoms with Crippen LogP contribution in [0.5, 0.6) is 0 Å². The van der Waals surface area contributed by atoms with Gasteiger partial charge in [-0.25, -0.2) is 0 Å². The Morgan fingerprint density at radius 3 is 2.57 bits per heavy atom. The normalized spacial score (nSPS) is 12.4. The Labute approximate surface area is 88.0 Å². The van der Waals surface area contributed by atoms with E-state index in [0.29, 0.717) is 13.2 Å². The minimum Gasteiger partial charge on any atom is -0.379 e. The zero-order valence-corrected chi connectivity index (χ0v) is 9.42. The van der Waals surface area contributed by atoms with Crippen molar-refractivity contribution in [3.05, 3.63) is 0 Å². The molecule has 1 atom stereocenters. The van der Waals surface area contributed by atoms with E-state index in [0.717, 1.165) is 19.4 Å². The molecule has 0 radical (unpaired) electrons. The van der Waals surface area contributed by atoms with Gasteiger partial charge in [0.15, 0.2) is 0 Å². The van der Waals surface area contributed by atoms with Crippen molar-refractivity contribution >= 4 is 0 Å². The minimum absolute atomic E-state index is 0.0259. The first-order valence-electron chi connectivity index (χ1n) is 5.50. The van der Waals surface area contributed by atoms with Crippen molar-refractivity contribution in [3.63, 3.8) is 0 Å². The molecule has 0 aliphatic rings. The van der Waals surface area contributed by atoms with Crippen LogP contribution in [-0.4, -0.2) is 25.9 Å². The van der Waals surface area contributed by atoms with Crippen molar-refractivity contribution in [1.29, 1.82) is 0 Å². The number of unbranched alkanes of at least 4 members (excludes halogenated alkanes) is 2. The molecule has 1 unspecified atom stereocenters. The molecule has 2 nitrogen and oxygen atoms in total. The van der Waals surface area contributed by atoms with Gasteiger partial charge >= 0.3 is 0 Å². The Bertz CT molecular complexity index is 149. The molecule has 0 aliphatic carbocycles. The second-order valence-electron chi connectivity index (χ2n) is 3.22. The highest BCUT2D eigenvalue weighted by atomic mass is 16.5. The molecule has 0 saturated heterocycles. The molecule has 0 spiro atoms. The summed E-state index contributed by atoms with van der Waals surface area (Å²) in [5.41, 5.74) is 0. The molecule has 0 amide bonds. The van der Waals surface area contributed by atoms with Crippen molar-refractivity contribution in [2.75, 3.05) is 19.8 Å². The van der Waals surface area contributed by atoms with Gasteiger partial charge < -0.3 is 9.47 Å². The lowest BCUT2D eigenvalue weighted by Gasteiger charge is -2.11. The third kappa shape index (κ3) is 8.10. The fourth-order valence-electron chi connectivity index (χ4n) is 1.19. The van der Waals surface area contributed by atoms with E-state index in [1.54, 1.807) is 0 Å². The monoisotopic (exact) mass is 198 g/mol. The summed E-state index contributed by atoms with van der Waals surface area (Å²) in [6, 6.07) is 0. The molecule has 0 N–H and O–H groups in total. The Morgan fingerprint density at radius 2 is 2.00 bits per heavy atom. The Kier molecular flexibility index (Phi) is 10.2. The van der Waals surface area contributed by atoms with E-state index in [9.17, 15) is 0 Å². The van der Waals surface area contributed by atoms with Gasteiger partial charge in [-0.05, 0) is 19.8 Å². The van der Waals surface area contributed by atoms with Crippen molar-refractivity contribution in [2.45, 2.75) is 45.6 Å². The summed E-state index contributed by atoms with van der Waals surface area (Å²) in [6.07, 6.45) is 9.90. The van der Waals surface area contributed by atoms with Crippen molar-refractivity contribution in [1.82, 2.24) is 0 Å².